The Morgan fingerprint density at radius 3 is 0.706 bits per heavy atom. The van der Waals surface area contributed by atoms with Crippen molar-refractivity contribution in [1.29, 1.82) is 0 Å². The highest BCUT2D eigenvalue weighted by molar-refractivity contribution is 8.28. The van der Waals surface area contributed by atoms with E-state index >= 15 is 0 Å². The topological polar surface area (TPSA) is 0 Å². The fourth-order valence-electron chi connectivity index (χ4n) is 1.14. The largest absolute Gasteiger partial charge is 0.290 e. The highest BCUT2D eigenvalue weighted by Gasteiger charge is 2.74. The van der Waals surface area contributed by atoms with Gasteiger partial charge in [0, 0.05) is 0 Å². The normalized spacial score (nSPS) is 16.2. The summed E-state index contributed by atoms with van der Waals surface area (Å²) in [5.74, 6) is 0. The Kier molecular flexibility index (Phi) is 6.47. The average Bonchev–Trinajstić information content (AvgIpc) is 1.98. The van der Waals surface area contributed by atoms with Gasteiger partial charge in [0.25, 0.3) is 17.2 Å². The molecule has 0 saturated carbocycles. The van der Waals surface area contributed by atoms with Gasteiger partial charge in [-0.25, -0.2) is 0 Å². The summed E-state index contributed by atoms with van der Waals surface area (Å²) < 4.78 is 0. The zero-order chi connectivity index (χ0) is 14.5. The van der Waals surface area contributed by atoms with E-state index in [-0.39, 0.29) is 0 Å². The van der Waals surface area contributed by atoms with Crippen LogP contribution in [-0.2, 0) is 0 Å². The molecule has 0 nitrogen and oxygen atoms in total. The summed E-state index contributed by atoms with van der Waals surface area (Å²) in [5, 5.41) is 0. The van der Waals surface area contributed by atoms with Crippen LogP contribution in [-0.4, -0.2) is 32.4 Å². The van der Waals surface area contributed by atoms with Crippen LogP contribution < -0.4 is 0 Å². The molecule has 0 aliphatic rings. The van der Waals surface area contributed by atoms with Crippen molar-refractivity contribution in [2.75, 3.05) is 0 Å². The fraction of sp³-hybridized carbons (Fsp3) is 1.00. The van der Waals surface area contributed by atoms with Crippen LogP contribution in [0.4, 0.5) is 0 Å². The van der Waals surface area contributed by atoms with Crippen LogP contribution in [0.25, 0.3) is 0 Å². The van der Waals surface area contributed by atoms with Gasteiger partial charge in [-0.2, -0.15) is 44.3 Å². The Hall–Kier alpha value is 2.82. The van der Waals surface area contributed by atoms with Gasteiger partial charge in [-0.15, -0.1) is 22.2 Å². The number of hydrogen-bond donors (Lipinski definition) is 0. The van der Waals surface area contributed by atoms with Crippen molar-refractivity contribution in [3.63, 3.8) is 0 Å². The molecule has 0 aliphatic carbocycles. The molecule has 0 aromatic rings. The highest BCUT2D eigenvalue weighted by Crippen LogP contribution is 2.51. The summed E-state index contributed by atoms with van der Waals surface area (Å²) in [6.07, 6.45) is 0. The third kappa shape index (κ3) is 3.54. The Balaban J connectivity index is 5.73. The van der Waals surface area contributed by atoms with Gasteiger partial charge in [0.1, 0.15) is 0 Å². The minimum absolute atomic E-state index is 1.85. The van der Waals surface area contributed by atoms with E-state index in [4.69, 9.17) is 66.5 Å². The molecule has 104 valence electrons. The molecule has 0 spiro atoms. The van der Waals surface area contributed by atoms with E-state index in [0.29, 0.717) is 0 Å². The molecule has 0 fully saturated rings. The molecule has 11 heteroatoms. The van der Waals surface area contributed by atoms with E-state index in [2.05, 4.69) is 39.3 Å². The maximum Gasteiger partial charge on any atom is 0.290 e. The first kappa shape index (κ1) is 19.8. The highest BCUT2D eigenvalue weighted by atomic mass is 35.8. The fourth-order valence-corrected chi connectivity index (χ4v) is 124. The second-order valence-corrected chi connectivity index (χ2v) is 69.0. The number of hydrogen-bond acceptors (Lipinski definition) is 0. The molecular formula is C6H18Cl6Si5. The summed E-state index contributed by atoms with van der Waals surface area (Å²) in [4.78, 5) is 0. The molecule has 0 aromatic carbocycles. The van der Waals surface area contributed by atoms with Crippen molar-refractivity contribution in [2.45, 2.75) is 39.3 Å². The van der Waals surface area contributed by atoms with Crippen molar-refractivity contribution in [2.24, 2.45) is 0 Å². The Morgan fingerprint density at radius 2 is 0.588 bits per heavy atom. The van der Waals surface area contributed by atoms with Gasteiger partial charge in [0.15, 0.2) is 0 Å². The molecule has 0 saturated heterocycles. The SMILES string of the molecule is C[Si](C)(C)[Si](Cl)(Cl)[Si](Cl)(Cl)[Si](Cl)(Cl)[Si](C)(C)C. The van der Waals surface area contributed by atoms with Gasteiger partial charge in [0.05, 0.1) is 15.2 Å². The monoisotopic (exact) mass is 440 g/mol. The van der Waals surface area contributed by atoms with Gasteiger partial charge in [0.2, 0.25) is 0 Å². The van der Waals surface area contributed by atoms with Crippen LogP contribution in [0.15, 0.2) is 0 Å². The van der Waals surface area contributed by atoms with Gasteiger partial charge in [-0.1, -0.05) is 39.3 Å². The van der Waals surface area contributed by atoms with E-state index in [1.807, 2.05) is 0 Å². The molecule has 0 radical (unpaired) electrons. The summed E-state index contributed by atoms with van der Waals surface area (Å²) in [7, 11) is -3.71. The van der Waals surface area contributed by atoms with Crippen molar-refractivity contribution >= 4 is 98.8 Å². The Morgan fingerprint density at radius 1 is 0.412 bits per heavy atom. The Bertz CT molecular complexity index is 262. The van der Waals surface area contributed by atoms with E-state index < -0.39 is 32.4 Å². The summed E-state index contributed by atoms with van der Waals surface area (Å²) in [5.41, 5.74) is -8.61. The lowest BCUT2D eigenvalue weighted by molar-refractivity contribution is 1.85. The molecule has 0 unspecified atom stereocenters. The molecule has 0 rings (SSSR count). The van der Waals surface area contributed by atoms with Gasteiger partial charge in [-0.05, 0) is 0 Å². The third-order valence-corrected chi connectivity index (χ3v) is 115. The van der Waals surface area contributed by atoms with Gasteiger partial charge in [-0.3, -0.25) is 0 Å². The van der Waals surface area contributed by atoms with Crippen molar-refractivity contribution in [3.05, 3.63) is 0 Å². The van der Waals surface area contributed by atoms with E-state index in [1.54, 1.807) is 0 Å². The second kappa shape index (κ2) is 5.55. The predicted octanol–water partition coefficient (Wildman–Crippen LogP) is 5.74. The lowest BCUT2D eigenvalue weighted by Crippen LogP contribution is -2.77. The summed E-state index contributed by atoms with van der Waals surface area (Å²) >= 11 is 39.9. The average molecular weight is 443 g/mol. The minimum Gasteiger partial charge on any atom is -0.151 e. The third-order valence-electron chi connectivity index (χ3n) is 2.67. The van der Waals surface area contributed by atoms with Crippen LogP contribution in [0, 0.1) is 0 Å². The maximum atomic E-state index is 6.66. The smallest absolute Gasteiger partial charge is 0.151 e. The summed E-state index contributed by atoms with van der Waals surface area (Å²) in [6.45, 7) is 12.5. The molecule has 0 aliphatic heterocycles. The lowest BCUT2D eigenvalue weighted by Gasteiger charge is -2.45. The predicted molar refractivity (Wildman–Crippen MR) is 99.1 cm³/mol. The van der Waals surface area contributed by atoms with Gasteiger partial charge >= 0.3 is 0 Å². The molecule has 17 heavy (non-hydrogen) atoms. The van der Waals surface area contributed by atoms with Crippen molar-refractivity contribution in [3.8, 4) is 0 Å². The standard InChI is InChI=1S/C6H18Cl6Si5/c1-13(2,3)15(7,8)17(11,12)16(9,10)14(4,5)6/h1-6H3. The van der Waals surface area contributed by atoms with E-state index in [1.165, 1.54) is 0 Å². The Labute approximate surface area is 137 Å². The molecule has 0 heterocycles. The van der Waals surface area contributed by atoms with Crippen LogP contribution in [0.2, 0.25) is 39.3 Å². The molecule has 0 atom stereocenters. The van der Waals surface area contributed by atoms with Gasteiger partial charge < -0.3 is 0 Å². The molecule has 0 aromatic heterocycles. The lowest BCUT2D eigenvalue weighted by atomic mass is 11.8. The van der Waals surface area contributed by atoms with E-state index in [9.17, 15) is 0 Å². The van der Waals surface area contributed by atoms with Crippen LogP contribution in [0.1, 0.15) is 0 Å². The van der Waals surface area contributed by atoms with Crippen molar-refractivity contribution < 1.29 is 0 Å². The zero-order valence-corrected chi connectivity index (χ0v) is 20.3. The zero-order valence-electron chi connectivity index (χ0n) is 10.8. The minimum atomic E-state index is -3.02. The van der Waals surface area contributed by atoms with Crippen LogP contribution in [0.5, 0.6) is 0 Å². The summed E-state index contributed by atoms with van der Waals surface area (Å²) in [6, 6.07) is 0. The molecule has 0 bridgehead atoms. The first-order chi connectivity index (χ1) is 7.00. The first-order valence-electron chi connectivity index (χ1n) is 5.13. The molecule has 0 N–H and O–H groups in total. The number of rotatable bonds is 4. The van der Waals surface area contributed by atoms with Crippen LogP contribution >= 0.6 is 66.5 Å². The molecule has 0 amide bonds. The quantitative estimate of drug-likeness (QED) is 0.384. The van der Waals surface area contributed by atoms with Crippen molar-refractivity contribution in [1.82, 2.24) is 0 Å². The van der Waals surface area contributed by atoms with E-state index in [0.717, 1.165) is 0 Å². The molecular weight excluding hydrogens is 425 g/mol. The second-order valence-electron chi connectivity index (χ2n) is 6.22. The van der Waals surface area contributed by atoms with Crippen LogP contribution in [0.3, 0.4) is 0 Å². The first-order valence-corrected chi connectivity index (χ1v) is 28.2. The maximum absolute atomic E-state index is 6.66. The number of halogens is 6.